The molecule has 2 heterocycles. The summed E-state index contributed by atoms with van der Waals surface area (Å²) in [6.07, 6.45) is -11.7. The largest absolute Gasteiger partial charge is 0.416 e. The van der Waals surface area contributed by atoms with Gasteiger partial charge in [0, 0.05) is 31.8 Å². The summed E-state index contributed by atoms with van der Waals surface area (Å²) >= 11 is 0. The smallest absolute Gasteiger partial charge is 0.370 e. The molecule has 2 saturated heterocycles. The number of halogens is 6. The third-order valence-electron chi connectivity index (χ3n) is 7.04. The molecule has 0 bridgehead atoms. The Morgan fingerprint density at radius 1 is 0.949 bits per heavy atom. The van der Waals surface area contributed by atoms with Gasteiger partial charge in [-0.25, -0.2) is 0 Å². The predicted molar refractivity (Wildman–Crippen MR) is 126 cm³/mol. The van der Waals surface area contributed by atoms with Gasteiger partial charge in [-0.15, -0.1) is 0 Å². The fourth-order valence-corrected chi connectivity index (χ4v) is 5.08. The minimum Gasteiger partial charge on any atom is -0.370 e. The van der Waals surface area contributed by atoms with Gasteiger partial charge in [-0.3, -0.25) is 19.7 Å². The van der Waals surface area contributed by atoms with Crippen LogP contribution in [0.15, 0.2) is 48.5 Å². The normalized spacial score (nSPS) is 22.0. The van der Waals surface area contributed by atoms with Gasteiger partial charge >= 0.3 is 12.4 Å². The molecule has 0 saturated carbocycles. The lowest BCUT2D eigenvalue weighted by atomic mass is 9.86. The number of hydrogen-bond acceptors (Lipinski definition) is 4. The Balaban J connectivity index is 1.58. The summed E-state index contributed by atoms with van der Waals surface area (Å²) in [7, 11) is 0. The van der Waals surface area contributed by atoms with Crippen molar-refractivity contribution < 1.29 is 45.5 Å². The van der Waals surface area contributed by atoms with E-state index in [1.807, 2.05) is 0 Å². The SMILES string of the molecule is C[C@@H](O[C@H]1CCN(C(=O)C2CC(=O)NC(=O)C2)C[C@H]1c1ccccc1)c1cc(C(F)(F)F)cc(C(F)(F)F)c1. The highest BCUT2D eigenvalue weighted by molar-refractivity contribution is 6.02. The van der Waals surface area contributed by atoms with Crippen molar-refractivity contribution in [1.29, 1.82) is 0 Å². The van der Waals surface area contributed by atoms with Crippen molar-refractivity contribution in [2.24, 2.45) is 5.92 Å². The van der Waals surface area contributed by atoms with Crippen LogP contribution in [-0.4, -0.2) is 41.8 Å². The second-order valence-corrected chi connectivity index (χ2v) is 9.82. The van der Waals surface area contributed by atoms with Crippen LogP contribution in [0.2, 0.25) is 0 Å². The van der Waals surface area contributed by atoms with E-state index in [1.165, 1.54) is 11.8 Å². The maximum atomic E-state index is 13.4. The van der Waals surface area contributed by atoms with E-state index in [0.29, 0.717) is 12.1 Å². The van der Waals surface area contributed by atoms with Gasteiger partial charge in [0.15, 0.2) is 0 Å². The minimum absolute atomic E-state index is 0.0728. The number of hydrogen-bond donors (Lipinski definition) is 1. The summed E-state index contributed by atoms with van der Waals surface area (Å²) in [6.45, 7) is 1.71. The Hall–Kier alpha value is -3.41. The van der Waals surface area contributed by atoms with E-state index in [-0.39, 0.29) is 49.9 Å². The monoisotopic (exact) mass is 556 g/mol. The Bertz CT molecular complexity index is 1180. The van der Waals surface area contributed by atoms with Gasteiger partial charge in [0.1, 0.15) is 0 Å². The number of alkyl halides is 6. The molecule has 0 spiro atoms. The molecule has 3 atom stereocenters. The van der Waals surface area contributed by atoms with Crippen molar-refractivity contribution in [2.75, 3.05) is 13.1 Å². The average molecular weight is 557 g/mol. The number of imide groups is 1. The van der Waals surface area contributed by atoms with Crippen molar-refractivity contribution in [3.8, 4) is 0 Å². The third kappa shape index (κ3) is 6.78. The lowest BCUT2D eigenvalue weighted by molar-refractivity contribution is -0.148. The number of piperidine rings is 2. The molecule has 210 valence electrons. The molecule has 2 aromatic carbocycles. The molecular formula is C27H26F6N2O4. The Labute approximate surface area is 220 Å². The first-order chi connectivity index (χ1) is 18.2. The van der Waals surface area contributed by atoms with Crippen molar-refractivity contribution in [2.45, 2.75) is 56.7 Å². The van der Waals surface area contributed by atoms with Crippen LogP contribution in [0, 0.1) is 5.92 Å². The Morgan fingerprint density at radius 3 is 2.05 bits per heavy atom. The van der Waals surface area contributed by atoms with Crippen LogP contribution in [0.3, 0.4) is 0 Å². The number of carbonyl (C=O) groups excluding carboxylic acids is 3. The number of nitrogens with zero attached hydrogens (tertiary/aromatic N) is 1. The molecule has 6 nitrogen and oxygen atoms in total. The molecule has 0 aromatic heterocycles. The summed E-state index contributed by atoms with van der Waals surface area (Å²) in [6, 6.07) is 10.3. The first kappa shape index (κ1) is 28.6. The molecule has 0 aliphatic carbocycles. The van der Waals surface area contributed by atoms with Gasteiger partial charge < -0.3 is 9.64 Å². The van der Waals surface area contributed by atoms with E-state index < -0.39 is 59.3 Å². The molecule has 0 unspecified atom stereocenters. The minimum atomic E-state index is -4.98. The lowest BCUT2D eigenvalue weighted by Crippen LogP contribution is -2.50. The van der Waals surface area contributed by atoms with Crippen LogP contribution in [0.25, 0.3) is 0 Å². The Morgan fingerprint density at radius 2 is 1.51 bits per heavy atom. The highest BCUT2D eigenvalue weighted by atomic mass is 19.4. The zero-order valence-electron chi connectivity index (χ0n) is 20.8. The first-order valence-corrected chi connectivity index (χ1v) is 12.3. The van der Waals surface area contributed by atoms with Crippen LogP contribution in [0.1, 0.15) is 60.5 Å². The number of likely N-dealkylation sites (tertiary alicyclic amines) is 1. The fourth-order valence-electron chi connectivity index (χ4n) is 5.08. The first-order valence-electron chi connectivity index (χ1n) is 12.3. The van der Waals surface area contributed by atoms with Gasteiger partial charge in [-0.2, -0.15) is 26.3 Å². The molecule has 2 aliphatic heterocycles. The number of nitrogens with one attached hydrogen (secondary N) is 1. The fraction of sp³-hybridized carbons (Fsp3) is 0.444. The van der Waals surface area contributed by atoms with Crippen LogP contribution in [0.5, 0.6) is 0 Å². The van der Waals surface area contributed by atoms with Crippen LogP contribution in [0.4, 0.5) is 26.3 Å². The molecular weight excluding hydrogens is 530 g/mol. The van der Waals surface area contributed by atoms with Crippen LogP contribution < -0.4 is 5.32 Å². The van der Waals surface area contributed by atoms with Gasteiger partial charge in [-0.05, 0) is 42.7 Å². The highest BCUT2D eigenvalue weighted by Gasteiger charge is 2.40. The molecule has 1 N–H and O–H groups in total. The van der Waals surface area contributed by atoms with E-state index in [0.717, 1.165) is 5.56 Å². The van der Waals surface area contributed by atoms with Crippen LogP contribution in [-0.2, 0) is 31.5 Å². The zero-order valence-corrected chi connectivity index (χ0v) is 20.8. The van der Waals surface area contributed by atoms with E-state index in [1.54, 1.807) is 30.3 Å². The van der Waals surface area contributed by atoms with Crippen molar-refractivity contribution in [3.05, 3.63) is 70.8 Å². The quantitative estimate of drug-likeness (QED) is 0.404. The summed E-state index contributed by atoms with van der Waals surface area (Å²) in [5, 5.41) is 2.16. The summed E-state index contributed by atoms with van der Waals surface area (Å²) < 4.78 is 86.3. The maximum absolute atomic E-state index is 13.4. The number of amides is 3. The number of benzene rings is 2. The number of carbonyl (C=O) groups is 3. The molecule has 2 fully saturated rings. The van der Waals surface area contributed by atoms with E-state index in [4.69, 9.17) is 4.74 Å². The molecule has 12 heteroatoms. The van der Waals surface area contributed by atoms with Gasteiger partial charge in [0.2, 0.25) is 17.7 Å². The van der Waals surface area contributed by atoms with Crippen molar-refractivity contribution in [3.63, 3.8) is 0 Å². The zero-order chi connectivity index (χ0) is 28.5. The molecule has 39 heavy (non-hydrogen) atoms. The third-order valence-corrected chi connectivity index (χ3v) is 7.04. The molecule has 2 aromatic rings. The van der Waals surface area contributed by atoms with Crippen molar-refractivity contribution >= 4 is 17.7 Å². The second kappa shape index (κ2) is 11.0. The highest BCUT2D eigenvalue weighted by Crippen LogP contribution is 2.39. The summed E-state index contributed by atoms with van der Waals surface area (Å²) in [5.74, 6) is -2.68. The van der Waals surface area contributed by atoms with E-state index >= 15 is 0 Å². The average Bonchev–Trinajstić information content (AvgIpc) is 2.87. The number of ether oxygens (including phenoxy) is 1. The lowest BCUT2D eigenvalue weighted by Gasteiger charge is -2.41. The molecule has 2 aliphatic rings. The number of rotatable bonds is 5. The van der Waals surface area contributed by atoms with Gasteiger partial charge in [0.25, 0.3) is 0 Å². The predicted octanol–water partition coefficient (Wildman–Crippen LogP) is 5.24. The summed E-state index contributed by atoms with van der Waals surface area (Å²) in [4.78, 5) is 38.3. The van der Waals surface area contributed by atoms with E-state index in [2.05, 4.69) is 5.32 Å². The second-order valence-electron chi connectivity index (χ2n) is 9.82. The maximum Gasteiger partial charge on any atom is 0.416 e. The standard InChI is InChI=1S/C27H26F6N2O4/c1-15(17-9-19(26(28,29)30)13-20(10-17)27(31,32)33)39-22-7-8-35(14-21(22)16-5-3-2-4-6-16)25(38)18-11-23(36)34-24(37)12-18/h2-6,9-10,13,15,18,21-22H,7-8,11-12,14H2,1H3,(H,34,36,37)/t15-,21+,22+/m1/s1. The van der Waals surface area contributed by atoms with Gasteiger partial charge in [-0.1, -0.05) is 30.3 Å². The molecule has 3 amide bonds. The molecule has 0 radical (unpaired) electrons. The topological polar surface area (TPSA) is 75.7 Å². The summed E-state index contributed by atoms with van der Waals surface area (Å²) in [5.41, 5.74) is -2.35. The van der Waals surface area contributed by atoms with Gasteiger partial charge in [0.05, 0.1) is 29.3 Å². The Kier molecular flexibility index (Phi) is 8.06. The molecule has 4 rings (SSSR count). The van der Waals surface area contributed by atoms with Crippen LogP contribution >= 0.6 is 0 Å². The van der Waals surface area contributed by atoms with Crippen molar-refractivity contribution in [1.82, 2.24) is 10.2 Å². The van der Waals surface area contributed by atoms with E-state index in [9.17, 15) is 40.7 Å².